The molecule has 1 saturated heterocycles. The highest BCUT2D eigenvalue weighted by Crippen LogP contribution is 2.30. The van der Waals surface area contributed by atoms with Crippen LogP contribution in [0.3, 0.4) is 0 Å². The zero-order chi connectivity index (χ0) is 12.4. The first kappa shape index (κ1) is 11.9. The number of cyclic esters (lactones) is 1. The second-order valence-corrected chi connectivity index (χ2v) is 4.26. The lowest BCUT2D eigenvalue weighted by Crippen LogP contribution is -2.39. The van der Waals surface area contributed by atoms with Gasteiger partial charge in [0.05, 0.1) is 6.04 Å². The summed E-state index contributed by atoms with van der Waals surface area (Å²) in [5.41, 5.74) is 0.933. The number of rotatable bonds is 3. The quantitative estimate of drug-likeness (QED) is 0.777. The summed E-state index contributed by atoms with van der Waals surface area (Å²) in [4.78, 5) is 24.1. The highest BCUT2D eigenvalue weighted by Gasteiger charge is 2.39. The summed E-state index contributed by atoms with van der Waals surface area (Å²) < 4.78 is 4.98. The molecule has 2 rings (SSSR count). The molecule has 1 aliphatic heterocycles. The van der Waals surface area contributed by atoms with E-state index in [4.69, 9.17) is 16.3 Å². The lowest BCUT2D eigenvalue weighted by atomic mass is 10.1. The van der Waals surface area contributed by atoms with Gasteiger partial charge in [-0.05, 0) is 24.1 Å². The molecule has 1 heterocycles. The van der Waals surface area contributed by atoms with Gasteiger partial charge >= 0.3 is 6.09 Å². The van der Waals surface area contributed by atoms with Crippen molar-refractivity contribution in [1.29, 1.82) is 0 Å². The van der Waals surface area contributed by atoms with Gasteiger partial charge < -0.3 is 4.74 Å². The van der Waals surface area contributed by atoms with E-state index in [1.165, 1.54) is 4.90 Å². The fourth-order valence-electron chi connectivity index (χ4n) is 1.90. The number of halogens is 1. The van der Waals surface area contributed by atoms with Crippen molar-refractivity contribution < 1.29 is 14.3 Å². The predicted molar refractivity (Wildman–Crippen MR) is 62.7 cm³/mol. The molecular formula is C12H12ClNO3. The van der Waals surface area contributed by atoms with Gasteiger partial charge in [-0.1, -0.05) is 30.3 Å². The van der Waals surface area contributed by atoms with Crippen LogP contribution >= 0.6 is 11.6 Å². The topological polar surface area (TPSA) is 46.6 Å². The lowest BCUT2D eigenvalue weighted by Gasteiger charge is -2.25. The van der Waals surface area contributed by atoms with Gasteiger partial charge in [0, 0.05) is 0 Å². The summed E-state index contributed by atoms with van der Waals surface area (Å²) >= 11 is 5.44. The van der Waals surface area contributed by atoms with Gasteiger partial charge in [-0.2, -0.15) is 0 Å². The van der Waals surface area contributed by atoms with E-state index < -0.39 is 17.4 Å². The lowest BCUT2D eigenvalue weighted by molar-refractivity contribution is -0.115. The standard InChI is InChI=1S/C12H12ClNO3/c1-8(11(13)15)14-10(7-17-12(14)16)9-5-3-2-4-6-9/h2-6,8,10H,7H2,1H3/t8-,10+/m0/s1. The van der Waals surface area contributed by atoms with Crippen LogP contribution in [0.1, 0.15) is 18.5 Å². The minimum absolute atomic E-state index is 0.247. The maximum atomic E-state index is 11.6. The van der Waals surface area contributed by atoms with Crippen molar-refractivity contribution in [2.45, 2.75) is 19.0 Å². The van der Waals surface area contributed by atoms with Crippen LogP contribution < -0.4 is 0 Å². The van der Waals surface area contributed by atoms with Crippen molar-refractivity contribution in [3.05, 3.63) is 35.9 Å². The Balaban J connectivity index is 2.28. The number of amides is 1. The predicted octanol–water partition coefficient (Wildman–Crippen LogP) is 2.33. The number of hydrogen-bond donors (Lipinski definition) is 0. The molecule has 1 amide bonds. The Kier molecular flexibility index (Phi) is 3.33. The summed E-state index contributed by atoms with van der Waals surface area (Å²) in [6, 6.07) is 8.50. The molecule has 1 fully saturated rings. The number of nitrogens with zero attached hydrogens (tertiary/aromatic N) is 1. The molecule has 0 bridgehead atoms. The smallest absolute Gasteiger partial charge is 0.411 e. The van der Waals surface area contributed by atoms with Crippen LogP contribution in [0.25, 0.3) is 0 Å². The van der Waals surface area contributed by atoms with Gasteiger partial charge in [-0.3, -0.25) is 9.69 Å². The van der Waals surface area contributed by atoms with Crippen LogP contribution in [0.4, 0.5) is 4.79 Å². The van der Waals surface area contributed by atoms with E-state index in [2.05, 4.69) is 0 Å². The van der Waals surface area contributed by atoms with Gasteiger partial charge in [0.1, 0.15) is 12.6 Å². The molecule has 0 aliphatic carbocycles. The van der Waals surface area contributed by atoms with E-state index in [0.717, 1.165) is 5.56 Å². The second-order valence-electron chi connectivity index (χ2n) is 3.89. The van der Waals surface area contributed by atoms with E-state index in [1.54, 1.807) is 6.92 Å². The van der Waals surface area contributed by atoms with Gasteiger partial charge in [-0.15, -0.1) is 0 Å². The maximum Gasteiger partial charge on any atom is 0.411 e. The first-order valence-corrected chi connectivity index (χ1v) is 5.68. The molecule has 17 heavy (non-hydrogen) atoms. The number of carbonyl (C=O) groups excluding carboxylic acids is 2. The van der Waals surface area contributed by atoms with Crippen LogP contribution in [0.15, 0.2) is 30.3 Å². The largest absolute Gasteiger partial charge is 0.447 e. The third-order valence-electron chi connectivity index (χ3n) is 2.84. The van der Waals surface area contributed by atoms with Crippen LogP contribution in [0, 0.1) is 0 Å². The van der Waals surface area contributed by atoms with Crippen molar-refractivity contribution in [3.8, 4) is 0 Å². The third-order valence-corrected chi connectivity index (χ3v) is 3.16. The molecule has 4 nitrogen and oxygen atoms in total. The molecule has 0 radical (unpaired) electrons. The van der Waals surface area contributed by atoms with Crippen molar-refractivity contribution >= 4 is 22.9 Å². The molecule has 1 aromatic rings. The van der Waals surface area contributed by atoms with E-state index in [-0.39, 0.29) is 12.6 Å². The Morgan fingerprint density at radius 3 is 2.71 bits per heavy atom. The number of ether oxygens (including phenoxy) is 1. The Morgan fingerprint density at radius 2 is 2.12 bits per heavy atom. The zero-order valence-electron chi connectivity index (χ0n) is 9.30. The van der Waals surface area contributed by atoms with Crippen LogP contribution in [0.2, 0.25) is 0 Å². The monoisotopic (exact) mass is 253 g/mol. The van der Waals surface area contributed by atoms with Gasteiger partial charge in [-0.25, -0.2) is 4.79 Å². The summed E-state index contributed by atoms with van der Waals surface area (Å²) in [5.74, 6) is 0. The van der Waals surface area contributed by atoms with E-state index in [0.29, 0.717) is 0 Å². The Labute approximate surface area is 104 Å². The molecule has 0 unspecified atom stereocenters. The fourth-order valence-corrected chi connectivity index (χ4v) is 2.01. The highest BCUT2D eigenvalue weighted by molar-refractivity contribution is 6.64. The fraction of sp³-hybridized carbons (Fsp3) is 0.333. The molecule has 1 aliphatic rings. The Bertz CT molecular complexity index is 435. The molecule has 0 saturated carbocycles. The van der Waals surface area contributed by atoms with Crippen molar-refractivity contribution in [2.75, 3.05) is 6.61 Å². The molecule has 2 atom stereocenters. The molecule has 0 aromatic heterocycles. The first-order chi connectivity index (χ1) is 8.11. The number of benzene rings is 1. The second kappa shape index (κ2) is 4.75. The SMILES string of the molecule is C[C@@H](C(=O)Cl)N1C(=O)OC[C@@H]1c1ccccc1. The van der Waals surface area contributed by atoms with Gasteiger partial charge in [0.25, 0.3) is 0 Å². The molecule has 1 aromatic carbocycles. The van der Waals surface area contributed by atoms with E-state index >= 15 is 0 Å². The van der Waals surface area contributed by atoms with Crippen LogP contribution in [-0.2, 0) is 9.53 Å². The van der Waals surface area contributed by atoms with E-state index in [9.17, 15) is 9.59 Å². The minimum atomic E-state index is -0.683. The third kappa shape index (κ3) is 2.26. The number of hydrogen-bond acceptors (Lipinski definition) is 3. The highest BCUT2D eigenvalue weighted by atomic mass is 35.5. The van der Waals surface area contributed by atoms with Gasteiger partial charge in [0.2, 0.25) is 5.24 Å². The summed E-state index contributed by atoms with van der Waals surface area (Å²) in [5, 5.41) is -0.565. The molecule has 90 valence electrons. The Morgan fingerprint density at radius 1 is 1.47 bits per heavy atom. The molecule has 0 spiro atoms. The molecular weight excluding hydrogens is 242 g/mol. The van der Waals surface area contributed by atoms with Gasteiger partial charge in [0.15, 0.2) is 0 Å². The average molecular weight is 254 g/mol. The summed E-state index contributed by atoms with van der Waals surface area (Å²) in [7, 11) is 0. The van der Waals surface area contributed by atoms with Crippen LogP contribution in [0.5, 0.6) is 0 Å². The molecule has 5 heteroatoms. The van der Waals surface area contributed by atoms with Crippen molar-refractivity contribution in [1.82, 2.24) is 4.90 Å². The normalized spacial score (nSPS) is 21.2. The van der Waals surface area contributed by atoms with Crippen molar-refractivity contribution in [2.24, 2.45) is 0 Å². The van der Waals surface area contributed by atoms with Crippen molar-refractivity contribution in [3.63, 3.8) is 0 Å². The summed E-state index contributed by atoms with van der Waals surface area (Å²) in [6.07, 6.45) is -0.500. The summed E-state index contributed by atoms with van der Waals surface area (Å²) in [6.45, 7) is 1.84. The number of carbonyl (C=O) groups is 2. The first-order valence-electron chi connectivity index (χ1n) is 5.30. The van der Waals surface area contributed by atoms with Crippen LogP contribution in [-0.4, -0.2) is 28.9 Å². The average Bonchev–Trinajstić information content (AvgIpc) is 2.71. The van der Waals surface area contributed by atoms with E-state index in [1.807, 2.05) is 30.3 Å². The molecule has 0 N–H and O–H groups in total. The zero-order valence-corrected chi connectivity index (χ0v) is 10.1. The maximum absolute atomic E-state index is 11.6. The Hall–Kier alpha value is -1.55. The minimum Gasteiger partial charge on any atom is -0.447 e.